The van der Waals surface area contributed by atoms with E-state index in [1.807, 2.05) is 24.3 Å². The molecule has 0 atom stereocenters. The van der Waals surface area contributed by atoms with Crippen molar-refractivity contribution in [1.82, 2.24) is 5.32 Å². The van der Waals surface area contributed by atoms with Crippen molar-refractivity contribution in [3.63, 3.8) is 0 Å². The molecule has 0 aliphatic carbocycles. The molecule has 0 saturated carbocycles. The number of nitrogens with zero attached hydrogens (tertiary/aromatic N) is 1. The van der Waals surface area contributed by atoms with Crippen molar-refractivity contribution in [2.24, 2.45) is 4.99 Å². The van der Waals surface area contributed by atoms with Crippen molar-refractivity contribution < 1.29 is 9.13 Å². The maximum absolute atomic E-state index is 13.4. The molecule has 3 nitrogen and oxygen atoms in total. The number of aliphatic imine (C=N–C) groups is 1. The van der Waals surface area contributed by atoms with Crippen LogP contribution < -0.4 is 10.1 Å². The lowest BCUT2D eigenvalue weighted by Gasteiger charge is -2.00. The van der Waals surface area contributed by atoms with Crippen molar-refractivity contribution in [3.05, 3.63) is 53.1 Å². The Labute approximate surface area is 117 Å². The van der Waals surface area contributed by atoms with E-state index in [1.165, 1.54) is 0 Å². The van der Waals surface area contributed by atoms with Crippen molar-refractivity contribution in [3.8, 4) is 5.75 Å². The van der Waals surface area contributed by atoms with Gasteiger partial charge in [0.2, 0.25) is 0 Å². The van der Waals surface area contributed by atoms with E-state index in [4.69, 9.17) is 16.3 Å². The molecule has 1 aromatic rings. The fourth-order valence-corrected chi connectivity index (χ4v) is 1.36. The second-order valence-electron chi connectivity index (χ2n) is 3.62. The Bertz CT molecular complexity index is 481. The zero-order valence-electron chi connectivity index (χ0n) is 10.9. The number of nitrogens with one attached hydrogen (secondary N) is 1. The number of benzene rings is 1. The van der Waals surface area contributed by atoms with Gasteiger partial charge in [0.25, 0.3) is 0 Å². The van der Waals surface area contributed by atoms with Crippen LogP contribution >= 0.6 is 11.6 Å². The first-order chi connectivity index (χ1) is 9.17. The quantitative estimate of drug-likeness (QED) is 0.636. The SMILES string of the molecule is C/C=C\NC(Cl)=C(F)C=NCc1ccc(OC)cc1. The highest BCUT2D eigenvalue weighted by molar-refractivity contribution is 6.30. The van der Waals surface area contributed by atoms with Gasteiger partial charge in [-0.3, -0.25) is 4.99 Å². The minimum absolute atomic E-state index is 0.0865. The Morgan fingerprint density at radius 3 is 2.68 bits per heavy atom. The molecule has 5 heteroatoms. The summed E-state index contributed by atoms with van der Waals surface area (Å²) < 4.78 is 18.5. The molecule has 0 aliphatic heterocycles. The normalized spacial score (nSPS) is 12.8. The van der Waals surface area contributed by atoms with Gasteiger partial charge in [-0.2, -0.15) is 0 Å². The van der Waals surface area contributed by atoms with E-state index in [9.17, 15) is 4.39 Å². The summed E-state index contributed by atoms with van der Waals surface area (Å²) in [4.78, 5) is 3.98. The van der Waals surface area contributed by atoms with E-state index < -0.39 is 5.83 Å². The predicted molar refractivity (Wildman–Crippen MR) is 77.1 cm³/mol. The van der Waals surface area contributed by atoms with E-state index in [-0.39, 0.29) is 5.16 Å². The van der Waals surface area contributed by atoms with Crippen LogP contribution in [0.2, 0.25) is 0 Å². The number of hydrogen-bond donors (Lipinski definition) is 1. The van der Waals surface area contributed by atoms with Gasteiger partial charge in [0.15, 0.2) is 5.83 Å². The topological polar surface area (TPSA) is 33.6 Å². The van der Waals surface area contributed by atoms with Crippen LogP contribution in [0.4, 0.5) is 4.39 Å². The molecular formula is C14H16ClFN2O. The summed E-state index contributed by atoms with van der Waals surface area (Å²) in [5, 5.41) is 2.49. The second-order valence-corrected chi connectivity index (χ2v) is 4.00. The maximum atomic E-state index is 13.4. The number of halogens is 2. The second kappa shape index (κ2) is 8.32. The standard InChI is InChI=1S/C14H16ClFN2O/c1-3-8-18-14(15)13(16)10-17-9-11-4-6-12(19-2)7-5-11/h3-8,10,18H,9H2,1-2H3/b8-3-,14-13?,17-10?. The average Bonchev–Trinajstić information content (AvgIpc) is 2.45. The molecule has 0 aromatic heterocycles. The van der Waals surface area contributed by atoms with E-state index in [1.54, 1.807) is 26.3 Å². The van der Waals surface area contributed by atoms with Crippen LogP contribution in [0, 0.1) is 0 Å². The number of allylic oxidation sites excluding steroid dienone is 2. The van der Waals surface area contributed by atoms with E-state index in [0.29, 0.717) is 6.54 Å². The zero-order chi connectivity index (χ0) is 14.1. The monoisotopic (exact) mass is 282 g/mol. The van der Waals surface area contributed by atoms with E-state index in [2.05, 4.69) is 10.3 Å². The smallest absolute Gasteiger partial charge is 0.176 e. The van der Waals surface area contributed by atoms with Crippen molar-refractivity contribution in [1.29, 1.82) is 0 Å². The molecule has 19 heavy (non-hydrogen) atoms. The van der Waals surface area contributed by atoms with Crippen LogP contribution in [0.1, 0.15) is 12.5 Å². The summed E-state index contributed by atoms with van der Waals surface area (Å²) in [6.07, 6.45) is 4.35. The third-order valence-electron chi connectivity index (χ3n) is 2.22. The minimum atomic E-state index is -0.603. The highest BCUT2D eigenvalue weighted by Gasteiger charge is 1.98. The van der Waals surface area contributed by atoms with Crippen LogP contribution in [0.25, 0.3) is 0 Å². The summed E-state index contributed by atoms with van der Waals surface area (Å²) in [6.45, 7) is 2.18. The Morgan fingerprint density at radius 2 is 2.11 bits per heavy atom. The Balaban J connectivity index is 2.57. The molecular weight excluding hydrogens is 267 g/mol. The van der Waals surface area contributed by atoms with Gasteiger partial charge in [0, 0.05) is 0 Å². The summed E-state index contributed by atoms with van der Waals surface area (Å²) >= 11 is 5.67. The van der Waals surface area contributed by atoms with Gasteiger partial charge in [-0.15, -0.1) is 0 Å². The van der Waals surface area contributed by atoms with Gasteiger partial charge in [-0.25, -0.2) is 4.39 Å². The number of methoxy groups -OCH3 is 1. The molecule has 0 radical (unpaired) electrons. The first-order valence-corrected chi connectivity index (χ1v) is 6.11. The minimum Gasteiger partial charge on any atom is -0.497 e. The Kier molecular flexibility index (Phi) is 6.68. The Morgan fingerprint density at radius 1 is 1.42 bits per heavy atom. The van der Waals surface area contributed by atoms with Crippen molar-refractivity contribution in [2.75, 3.05) is 7.11 Å². The molecule has 0 aliphatic rings. The molecule has 0 amide bonds. The predicted octanol–water partition coefficient (Wildman–Crippen LogP) is 3.77. The lowest BCUT2D eigenvalue weighted by atomic mass is 10.2. The van der Waals surface area contributed by atoms with Gasteiger partial charge >= 0.3 is 0 Å². The number of ether oxygens (including phenoxy) is 1. The Hall–Kier alpha value is -1.81. The van der Waals surface area contributed by atoms with Crippen LogP contribution in [0.3, 0.4) is 0 Å². The van der Waals surface area contributed by atoms with Crippen molar-refractivity contribution in [2.45, 2.75) is 13.5 Å². The van der Waals surface area contributed by atoms with Crippen LogP contribution in [0.5, 0.6) is 5.75 Å². The van der Waals surface area contributed by atoms with Crippen LogP contribution in [-0.4, -0.2) is 13.3 Å². The maximum Gasteiger partial charge on any atom is 0.176 e. The average molecular weight is 283 g/mol. The number of hydrogen-bond acceptors (Lipinski definition) is 3. The highest BCUT2D eigenvalue weighted by Crippen LogP contribution is 2.12. The third kappa shape index (κ3) is 5.57. The summed E-state index contributed by atoms with van der Waals surface area (Å²) in [5.41, 5.74) is 0.961. The van der Waals surface area contributed by atoms with Crippen LogP contribution in [-0.2, 0) is 6.54 Å². The summed E-state index contributed by atoms with van der Waals surface area (Å²) in [7, 11) is 1.60. The molecule has 1 N–H and O–H groups in total. The summed E-state index contributed by atoms with van der Waals surface area (Å²) in [6, 6.07) is 7.41. The molecule has 0 unspecified atom stereocenters. The van der Waals surface area contributed by atoms with Gasteiger partial charge in [-0.05, 0) is 30.8 Å². The zero-order valence-corrected chi connectivity index (χ0v) is 11.6. The molecule has 1 rings (SSSR count). The first kappa shape index (κ1) is 15.2. The summed E-state index contributed by atoms with van der Waals surface area (Å²) in [5.74, 6) is 0.172. The fourth-order valence-electron chi connectivity index (χ4n) is 1.24. The van der Waals surface area contributed by atoms with Crippen molar-refractivity contribution >= 4 is 17.8 Å². The molecule has 1 aromatic carbocycles. The molecule has 0 saturated heterocycles. The lowest BCUT2D eigenvalue weighted by molar-refractivity contribution is 0.414. The molecule has 0 fully saturated rings. The van der Waals surface area contributed by atoms with Gasteiger partial charge in [-0.1, -0.05) is 29.8 Å². The lowest BCUT2D eigenvalue weighted by Crippen LogP contribution is -2.01. The van der Waals surface area contributed by atoms with Gasteiger partial charge in [0.1, 0.15) is 10.9 Å². The molecule has 102 valence electrons. The van der Waals surface area contributed by atoms with E-state index >= 15 is 0 Å². The van der Waals surface area contributed by atoms with Gasteiger partial charge in [0.05, 0.1) is 19.9 Å². The first-order valence-electron chi connectivity index (χ1n) is 5.73. The number of rotatable bonds is 6. The van der Waals surface area contributed by atoms with Crippen LogP contribution in [0.15, 0.2) is 52.5 Å². The third-order valence-corrected chi connectivity index (χ3v) is 2.51. The van der Waals surface area contributed by atoms with Gasteiger partial charge < -0.3 is 10.1 Å². The molecule has 0 heterocycles. The molecule has 0 spiro atoms. The fraction of sp³-hybridized carbons (Fsp3) is 0.214. The van der Waals surface area contributed by atoms with E-state index in [0.717, 1.165) is 17.5 Å². The highest BCUT2D eigenvalue weighted by atomic mass is 35.5. The largest absolute Gasteiger partial charge is 0.497 e. The molecule has 0 bridgehead atoms.